The van der Waals surface area contributed by atoms with E-state index in [0.717, 1.165) is 17.9 Å². The van der Waals surface area contributed by atoms with Gasteiger partial charge in [-0.2, -0.15) is 0 Å². The highest BCUT2D eigenvalue weighted by atomic mass is 16.3. The highest BCUT2D eigenvalue weighted by molar-refractivity contribution is 5.39. The zero-order chi connectivity index (χ0) is 13.0. The number of hydrogen-bond donors (Lipinski definition) is 1. The van der Waals surface area contributed by atoms with Crippen molar-refractivity contribution >= 4 is 5.82 Å². The van der Waals surface area contributed by atoms with Gasteiger partial charge in [-0.25, -0.2) is 4.98 Å². The Morgan fingerprint density at radius 2 is 1.72 bits per heavy atom. The lowest BCUT2D eigenvalue weighted by Crippen LogP contribution is -2.17. The third-order valence-electron chi connectivity index (χ3n) is 2.92. The van der Waals surface area contributed by atoms with Gasteiger partial charge in [0.25, 0.3) is 0 Å². The first-order valence-electron chi connectivity index (χ1n) is 6.01. The van der Waals surface area contributed by atoms with Crippen LogP contribution < -0.4 is 4.90 Å². The molecule has 0 unspecified atom stereocenters. The second-order valence-corrected chi connectivity index (χ2v) is 4.52. The van der Waals surface area contributed by atoms with Crippen molar-refractivity contribution in [2.45, 2.75) is 20.1 Å². The Balaban J connectivity index is 2.06. The van der Waals surface area contributed by atoms with E-state index in [2.05, 4.69) is 41.1 Å². The minimum absolute atomic E-state index is 0.0367. The Morgan fingerprint density at radius 3 is 2.28 bits per heavy atom. The molecule has 18 heavy (non-hydrogen) atoms. The number of aromatic nitrogens is 1. The molecule has 1 heterocycles. The van der Waals surface area contributed by atoms with E-state index >= 15 is 0 Å². The lowest BCUT2D eigenvalue weighted by molar-refractivity contribution is 0.281. The summed E-state index contributed by atoms with van der Waals surface area (Å²) in [6.45, 7) is 2.95. The average Bonchev–Trinajstić information content (AvgIpc) is 2.41. The molecule has 0 saturated carbocycles. The molecule has 0 spiro atoms. The van der Waals surface area contributed by atoms with E-state index in [1.807, 2.05) is 19.2 Å². The van der Waals surface area contributed by atoms with Crippen LogP contribution in [0, 0.1) is 6.92 Å². The molecule has 3 heteroatoms. The van der Waals surface area contributed by atoms with Crippen molar-refractivity contribution in [2.75, 3.05) is 11.9 Å². The number of nitrogens with zero attached hydrogens (tertiary/aromatic N) is 2. The zero-order valence-corrected chi connectivity index (χ0v) is 10.8. The fourth-order valence-electron chi connectivity index (χ4n) is 1.78. The van der Waals surface area contributed by atoms with Crippen LogP contribution in [0.15, 0.2) is 42.6 Å². The minimum atomic E-state index is 0.0367. The van der Waals surface area contributed by atoms with Gasteiger partial charge in [0.15, 0.2) is 0 Å². The molecule has 0 aliphatic heterocycles. The Hall–Kier alpha value is -1.87. The van der Waals surface area contributed by atoms with Crippen molar-refractivity contribution in [1.82, 2.24) is 4.98 Å². The summed E-state index contributed by atoms with van der Waals surface area (Å²) in [5.74, 6) is 0.910. The van der Waals surface area contributed by atoms with E-state index in [0.29, 0.717) is 0 Å². The largest absolute Gasteiger partial charge is 0.392 e. The number of aliphatic hydroxyl groups is 1. The molecule has 3 nitrogen and oxygen atoms in total. The molecule has 1 aromatic carbocycles. The van der Waals surface area contributed by atoms with Gasteiger partial charge in [0.05, 0.1) is 6.61 Å². The van der Waals surface area contributed by atoms with Crippen molar-refractivity contribution in [3.63, 3.8) is 0 Å². The number of benzene rings is 1. The highest BCUT2D eigenvalue weighted by Gasteiger charge is 2.03. The Bertz CT molecular complexity index is 491. The molecule has 0 radical (unpaired) electrons. The van der Waals surface area contributed by atoms with Crippen LogP contribution >= 0.6 is 0 Å². The maximum Gasteiger partial charge on any atom is 0.128 e. The van der Waals surface area contributed by atoms with E-state index in [1.165, 1.54) is 11.1 Å². The van der Waals surface area contributed by atoms with Crippen LogP contribution in [0.4, 0.5) is 5.82 Å². The van der Waals surface area contributed by atoms with Crippen molar-refractivity contribution in [2.24, 2.45) is 0 Å². The number of anilines is 1. The lowest BCUT2D eigenvalue weighted by Gasteiger charge is -2.18. The summed E-state index contributed by atoms with van der Waals surface area (Å²) < 4.78 is 0. The lowest BCUT2D eigenvalue weighted by atomic mass is 10.1. The summed E-state index contributed by atoms with van der Waals surface area (Å²) in [4.78, 5) is 6.42. The predicted octanol–water partition coefficient (Wildman–Crippen LogP) is 2.52. The number of rotatable bonds is 4. The second-order valence-electron chi connectivity index (χ2n) is 4.52. The normalized spacial score (nSPS) is 10.4. The maximum atomic E-state index is 8.97. The van der Waals surface area contributed by atoms with E-state index in [9.17, 15) is 0 Å². The van der Waals surface area contributed by atoms with Gasteiger partial charge >= 0.3 is 0 Å². The Kier molecular flexibility index (Phi) is 3.95. The van der Waals surface area contributed by atoms with Gasteiger partial charge in [-0.3, -0.25) is 0 Å². The molecule has 0 amide bonds. The minimum Gasteiger partial charge on any atom is -0.392 e. The summed E-state index contributed by atoms with van der Waals surface area (Å²) in [6, 6.07) is 12.3. The highest BCUT2D eigenvalue weighted by Crippen LogP contribution is 2.13. The third kappa shape index (κ3) is 3.08. The van der Waals surface area contributed by atoms with Crippen molar-refractivity contribution < 1.29 is 5.11 Å². The SMILES string of the molecule is Cc1ccc(CN(C)c2ccc(CO)cn2)cc1. The summed E-state index contributed by atoms with van der Waals surface area (Å²) in [5, 5.41) is 8.97. The molecule has 0 atom stereocenters. The molecule has 0 bridgehead atoms. The molecule has 1 N–H and O–H groups in total. The Morgan fingerprint density at radius 1 is 1.06 bits per heavy atom. The molecule has 0 fully saturated rings. The average molecular weight is 242 g/mol. The monoisotopic (exact) mass is 242 g/mol. The van der Waals surface area contributed by atoms with Gasteiger partial charge in [-0.15, -0.1) is 0 Å². The molecule has 0 saturated heterocycles. The first kappa shape index (κ1) is 12.6. The van der Waals surface area contributed by atoms with E-state index in [1.54, 1.807) is 6.20 Å². The molecule has 2 rings (SSSR count). The summed E-state index contributed by atoms with van der Waals surface area (Å²) >= 11 is 0. The fraction of sp³-hybridized carbons (Fsp3) is 0.267. The van der Waals surface area contributed by atoms with Crippen molar-refractivity contribution in [3.05, 3.63) is 59.3 Å². The molecule has 0 aliphatic carbocycles. The fourth-order valence-corrected chi connectivity index (χ4v) is 1.78. The topological polar surface area (TPSA) is 36.4 Å². The number of aryl methyl sites for hydroxylation is 1. The molecule has 2 aromatic rings. The summed E-state index contributed by atoms with van der Waals surface area (Å²) in [6.07, 6.45) is 1.71. The van der Waals surface area contributed by atoms with Gasteiger partial charge < -0.3 is 10.0 Å². The Labute approximate surface area is 108 Å². The van der Waals surface area contributed by atoms with Gasteiger partial charge in [-0.05, 0) is 24.1 Å². The first-order valence-corrected chi connectivity index (χ1v) is 6.01. The molecule has 94 valence electrons. The van der Waals surface area contributed by atoms with Crippen LogP contribution in [0.2, 0.25) is 0 Å². The van der Waals surface area contributed by atoms with Crippen LogP contribution in [0.5, 0.6) is 0 Å². The van der Waals surface area contributed by atoms with Crippen LogP contribution in [-0.4, -0.2) is 17.1 Å². The number of aliphatic hydroxyl groups excluding tert-OH is 1. The standard InChI is InChI=1S/C15H18N2O/c1-12-3-5-13(6-4-12)10-17(2)15-8-7-14(11-18)9-16-15/h3-9,18H,10-11H2,1-2H3. The molecular formula is C15H18N2O. The summed E-state index contributed by atoms with van der Waals surface area (Å²) in [7, 11) is 2.01. The number of pyridine rings is 1. The van der Waals surface area contributed by atoms with E-state index in [4.69, 9.17) is 5.11 Å². The van der Waals surface area contributed by atoms with Gasteiger partial charge in [0.1, 0.15) is 5.82 Å². The van der Waals surface area contributed by atoms with Crippen molar-refractivity contribution in [1.29, 1.82) is 0 Å². The third-order valence-corrected chi connectivity index (χ3v) is 2.92. The molecule has 0 aliphatic rings. The van der Waals surface area contributed by atoms with Gasteiger partial charge in [0.2, 0.25) is 0 Å². The zero-order valence-electron chi connectivity index (χ0n) is 10.8. The quantitative estimate of drug-likeness (QED) is 0.895. The second kappa shape index (κ2) is 5.65. The molecular weight excluding hydrogens is 224 g/mol. The van der Waals surface area contributed by atoms with Crippen LogP contribution in [0.1, 0.15) is 16.7 Å². The van der Waals surface area contributed by atoms with Gasteiger partial charge in [0, 0.05) is 19.8 Å². The van der Waals surface area contributed by atoms with Crippen molar-refractivity contribution in [3.8, 4) is 0 Å². The van der Waals surface area contributed by atoms with Crippen LogP contribution in [-0.2, 0) is 13.2 Å². The van der Waals surface area contributed by atoms with Crippen LogP contribution in [0.25, 0.3) is 0 Å². The van der Waals surface area contributed by atoms with E-state index < -0.39 is 0 Å². The van der Waals surface area contributed by atoms with Crippen LogP contribution in [0.3, 0.4) is 0 Å². The van der Waals surface area contributed by atoms with Gasteiger partial charge in [-0.1, -0.05) is 35.9 Å². The first-order chi connectivity index (χ1) is 8.69. The smallest absolute Gasteiger partial charge is 0.128 e. The predicted molar refractivity (Wildman–Crippen MR) is 73.4 cm³/mol. The number of hydrogen-bond acceptors (Lipinski definition) is 3. The molecule has 1 aromatic heterocycles. The maximum absolute atomic E-state index is 8.97. The summed E-state index contributed by atoms with van der Waals surface area (Å²) in [5.41, 5.74) is 3.37. The van der Waals surface area contributed by atoms with E-state index in [-0.39, 0.29) is 6.61 Å².